The molecular weight excluding hydrogens is 234 g/mol. The Morgan fingerprint density at radius 2 is 1.89 bits per heavy atom. The van der Waals surface area contributed by atoms with E-state index in [1.54, 1.807) is 0 Å². The van der Waals surface area contributed by atoms with Crippen LogP contribution in [0, 0.1) is 0 Å². The minimum atomic E-state index is -0.453. The molecule has 2 N–H and O–H groups in total. The first-order valence-corrected chi connectivity index (χ1v) is 6.62. The number of carbonyl (C=O) groups is 1. The SMILES string of the molecule is CC(C)(C)OC(=O)N[C@H]1CC[C@H](OCCO)CC1. The van der Waals surface area contributed by atoms with Crippen LogP contribution in [0.2, 0.25) is 0 Å². The second-order valence-corrected chi connectivity index (χ2v) is 5.71. The lowest BCUT2D eigenvalue weighted by molar-refractivity contribution is 0.00211. The normalized spacial score (nSPS) is 24.7. The molecule has 0 saturated heterocycles. The maximum Gasteiger partial charge on any atom is 0.407 e. The smallest absolute Gasteiger partial charge is 0.407 e. The molecule has 0 aromatic rings. The highest BCUT2D eigenvalue weighted by Crippen LogP contribution is 2.21. The molecule has 0 spiro atoms. The highest BCUT2D eigenvalue weighted by Gasteiger charge is 2.24. The van der Waals surface area contributed by atoms with Gasteiger partial charge in [-0.15, -0.1) is 0 Å². The van der Waals surface area contributed by atoms with Crippen LogP contribution >= 0.6 is 0 Å². The van der Waals surface area contributed by atoms with E-state index in [0.29, 0.717) is 6.61 Å². The van der Waals surface area contributed by atoms with E-state index in [-0.39, 0.29) is 24.8 Å². The molecular formula is C13H25NO4. The molecule has 1 amide bonds. The molecule has 106 valence electrons. The van der Waals surface area contributed by atoms with Crippen LogP contribution in [0.5, 0.6) is 0 Å². The van der Waals surface area contributed by atoms with Gasteiger partial charge in [0.05, 0.1) is 19.3 Å². The summed E-state index contributed by atoms with van der Waals surface area (Å²) in [6.45, 7) is 6.02. The van der Waals surface area contributed by atoms with Gasteiger partial charge in [0.25, 0.3) is 0 Å². The number of aliphatic hydroxyl groups excluding tert-OH is 1. The lowest BCUT2D eigenvalue weighted by Crippen LogP contribution is -2.41. The fourth-order valence-corrected chi connectivity index (χ4v) is 2.07. The van der Waals surface area contributed by atoms with Crippen molar-refractivity contribution in [3.63, 3.8) is 0 Å². The molecule has 0 aromatic carbocycles. The van der Waals surface area contributed by atoms with Gasteiger partial charge in [-0.3, -0.25) is 0 Å². The maximum absolute atomic E-state index is 11.6. The van der Waals surface area contributed by atoms with Crippen molar-refractivity contribution >= 4 is 6.09 Å². The van der Waals surface area contributed by atoms with E-state index < -0.39 is 5.60 Å². The number of aliphatic hydroxyl groups is 1. The lowest BCUT2D eigenvalue weighted by atomic mass is 9.93. The summed E-state index contributed by atoms with van der Waals surface area (Å²) in [5.41, 5.74) is -0.453. The van der Waals surface area contributed by atoms with Crippen molar-refractivity contribution in [1.82, 2.24) is 5.32 Å². The molecule has 0 radical (unpaired) electrons. The average Bonchev–Trinajstić information content (AvgIpc) is 2.25. The van der Waals surface area contributed by atoms with E-state index in [1.807, 2.05) is 20.8 Å². The number of ether oxygens (including phenoxy) is 2. The van der Waals surface area contributed by atoms with Crippen molar-refractivity contribution in [3.8, 4) is 0 Å². The number of amides is 1. The summed E-state index contributed by atoms with van der Waals surface area (Å²) < 4.78 is 10.7. The minimum Gasteiger partial charge on any atom is -0.444 e. The summed E-state index contributed by atoms with van der Waals surface area (Å²) in [6, 6.07) is 0.175. The van der Waals surface area contributed by atoms with E-state index in [0.717, 1.165) is 25.7 Å². The third-order valence-corrected chi connectivity index (χ3v) is 2.84. The van der Waals surface area contributed by atoms with Crippen molar-refractivity contribution < 1.29 is 19.4 Å². The molecule has 5 heteroatoms. The summed E-state index contributed by atoms with van der Waals surface area (Å²) in [5.74, 6) is 0. The monoisotopic (exact) mass is 259 g/mol. The van der Waals surface area contributed by atoms with Crippen LogP contribution in [0.1, 0.15) is 46.5 Å². The fraction of sp³-hybridized carbons (Fsp3) is 0.923. The summed E-state index contributed by atoms with van der Waals surface area (Å²) in [6.07, 6.45) is 3.50. The van der Waals surface area contributed by atoms with E-state index in [1.165, 1.54) is 0 Å². The molecule has 1 saturated carbocycles. The molecule has 0 aromatic heterocycles. The Labute approximate surface area is 109 Å². The second kappa shape index (κ2) is 6.95. The van der Waals surface area contributed by atoms with Gasteiger partial charge >= 0.3 is 6.09 Å². The third-order valence-electron chi connectivity index (χ3n) is 2.84. The summed E-state index contributed by atoms with van der Waals surface area (Å²) in [7, 11) is 0. The van der Waals surface area contributed by atoms with Crippen molar-refractivity contribution in [2.24, 2.45) is 0 Å². The number of alkyl carbamates (subject to hydrolysis) is 1. The van der Waals surface area contributed by atoms with Gasteiger partial charge in [0.1, 0.15) is 5.60 Å². The number of carbonyl (C=O) groups excluding carboxylic acids is 1. The molecule has 0 aliphatic heterocycles. The van der Waals surface area contributed by atoms with E-state index in [4.69, 9.17) is 14.6 Å². The molecule has 1 aliphatic carbocycles. The molecule has 0 unspecified atom stereocenters. The quantitative estimate of drug-likeness (QED) is 0.808. The standard InChI is InChI=1S/C13H25NO4/c1-13(2,3)18-12(16)14-10-4-6-11(7-5-10)17-9-8-15/h10-11,15H,4-9H2,1-3H3,(H,14,16)/t10-,11-. The Morgan fingerprint density at radius 3 is 2.39 bits per heavy atom. The molecule has 18 heavy (non-hydrogen) atoms. The van der Waals surface area contributed by atoms with Crippen LogP contribution in [-0.4, -0.2) is 42.2 Å². The van der Waals surface area contributed by atoms with Gasteiger partial charge in [-0.05, 0) is 46.5 Å². The van der Waals surface area contributed by atoms with Crippen LogP contribution in [-0.2, 0) is 9.47 Å². The van der Waals surface area contributed by atoms with Gasteiger partial charge in [-0.1, -0.05) is 0 Å². The Morgan fingerprint density at radius 1 is 1.28 bits per heavy atom. The van der Waals surface area contributed by atoms with Crippen molar-refractivity contribution in [2.75, 3.05) is 13.2 Å². The number of hydrogen-bond acceptors (Lipinski definition) is 4. The fourth-order valence-electron chi connectivity index (χ4n) is 2.07. The highest BCUT2D eigenvalue weighted by molar-refractivity contribution is 5.68. The molecule has 1 rings (SSSR count). The average molecular weight is 259 g/mol. The predicted molar refractivity (Wildman–Crippen MR) is 68.5 cm³/mol. The Kier molecular flexibility index (Phi) is 5.88. The summed E-state index contributed by atoms with van der Waals surface area (Å²) in [4.78, 5) is 11.6. The van der Waals surface area contributed by atoms with Crippen LogP contribution in [0.4, 0.5) is 4.79 Å². The topological polar surface area (TPSA) is 67.8 Å². The van der Waals surface area contributed by atoms with Gasteiger partial charge in [-0.2, -0.15) is 0 Å². The molecule has 5 nitrogen and oxygen atoms in total. The van der Waals surface area contributed by atoms with Gasteiger partial charge in [-0.25, -0.2) is 4.79 Å². The molecule has 1 aliphatic rings. The van der Waals surface area contributed by atoms with Gasteiger partial charge in [0, 0.05) is 6.04 Å². The van der Waals surface area contributed by atoms with E-state index >= 15 is 0 Å². The van der Waals surface area contributed by atoms with Crippen molar-refractivity contribution in [2.45, 2.75) is 64.2 Å². The van der Waals surface area contributed by atoms with E-state index in [9.17, 15) is 4.79 Å². The van der Waals surface area contributed by atoms with Crippen molar-refractivity contribution in [1.29, 1.82) is 0 Å². The Balaban J connectivity index is 2.21. The van der Waals surface area contributed by atoms with Crippen LogP contribution in [0.25, 0.3) is 0 Å². The largest absolute Gasteiger partial charge is 0.444 e. The zero-order chi connectivity index (χ0) is 13.6. The van der Waals surface area contributed by atoms with Crippen LogP contribution in [0.3, 0.4) is 0 Å². The summed E-state index contributed by atoms with van der Waals surface area (Å²) in [5, 5.41) is 11.6. The first kappa shape index (κ1) is 15.2. The number of nitrogens with one attached hydrogen (secondary N) is 1. The Bertz CT molecular complexity index is 254. The maximum atomic E-state index is 11.6. The zero-order valence-corrected chi connectivity index (χ0v) is 11.6. The third kappa shape index (κ3) is 6.21. The summed E-state index contributed by atoms with van der Waals surface area (Å²) >= 11 is 0. The van der Waals surface area contributed by atoms with Gasteiger partial charge in [0.2, 0.25) is 0 Å². The van der Waals surface area contributed by atoms with Crippen LogP contribution in [0.15, 0.2) is 0 Å². The molecule has 0 heterocycles. The van der Waals surface area contributed by atoms with Gasteiger partial charge in [0.15, 0.2) is 0 Å². The van der Waals surface area contributed by atoms with Gasteiger partial charge < -0.3 is 19.9 Å². The number of rotatable bonds is 4. The minimum absolute atomic E-state index is 0.0656. The molecule has 1 fully saturated rings. The molecule has 0 bridgehead atoms. The van der Waals surface area contributed by atoms with Crippen molar-refractivity contribution in [3.05, 3.63) is 0 Å². The molecule has 0 atom stereocenters. The first-order valence-electron chi connectivity index (χ1n) is 6.62. The Hall–Kier alpha value is -0.810. The number of hydrogen-bond donors (Lipinski definition) is 2. The predicted octanol–water partition coefficient (Wildman–Crippen LogP) is 1.83. The van der Waals surface area contributed by atoms with Crippen LogP contribution < -0.4 is 5.32 Å². The first-order chi connectivity index (χ1) is 8.40. The zero-order valence-electron chi connectivity index (χ0n) is 11.6. The van der Waals surface area contributed by atoms with E-state index in [2.05, 4.69) is 5.32 Å². The second-order valence-electron chi connectivity index (χ2n) is 5.71. The lowest BCUT2D eigenvalue weighted by Gasteiger charge is -2.30. The highest BCUT2D eigenvalue weighted by atomic mass is 16.6.